The third kappa shape index (κ3) is 5.63. The fourth-order valence-corrected chi connectivity index (χ4v) is 1.93. The van der Waals surface area contributed by atoms with E-state index in [0.717, 1.165) is 19.5 Å². The number of methoxy groups -OCH3 is 1. The molecule has 1 rings (SSSR count). The molecule has 0 unspecified atom stereocenters. The summed E-state index contributed by atoms with van der Waals surface area (Å²) in [5.41, 5.74) is 2.61. The van der Waals surface area contributed by atoms with Crippen molar-refractivity contribution in [2.24, 2.45) is 5.41 Å². The molecule has 1 aromatic carbocycles. The van der Waals surface area contributed by atoms with Crippen LogP contribution in [0.4, 0.5) is 0 Å². The summed E-state index contributed by atoms with van der Waals surface area (Å²) in [7, 11) is 1.71. The minimum atomic E-state index is 0.138. The first-order chi connectivity index (χ1) is 8.57. The minimum Gasteiger partial charge on any atom is -0.396 e. The van der Waals surface area contributed by atoms with Crippen LogP contribution in [0.3, 0.4) is 0 Å². The summed E-state index contributed by atoms with van der Waals surface area (Å²) in [5.74, 6) is 0. The van der Waals surface area contributed by atoms with Gasteiger partial charge in [0, 0.05) is 26.8 Å². The summed E-state index contributed by atoms with van der Waals surface area (Å²) in [6.07, 6.45) is 0.823. The van der Waals surface area contributed by atoms with Crippen molar-refractivity contribution in [3.05, 3.63) is 35.4 Å². The Kier molecular flexibility index (Phi) is 6.33. The number of hydrogen-bond acceptors (Lipinski definition) is 3. The standard InChI is InChI=1S/C15H25NO2/c1-15(2,7-8-17)12-16-10-13-5-4-6-14(9-13)11-18-3/h4-6,9,16-17H,7-8,10-12H2,1-3H3. The molecule has 3 nitrogen and oxygen atoms in total. The molecule has 2 N–H and O–H groups in total. The molecule has 0 heterocycles. The smallest absolute Gasteiger partial charge is 0.0713 e. The maximum Gasteiger partial charge on any atom is 0.0713 e. The Bertz CT molecular complexity index is 350. The lowest BCUT2D eigenvalue weighted by Crippen LogP contribution is -2.29. The molecule has 0 fully saturated rings. The maximum absolute atomic E-state index is 8.97. The third-order valence-corrected chi connectivity index (χ3v) is 3.02. The highest BCUT2D eigenvalue weighted by Gasteiger charge is 2.16. The Hall–Kier alpha value is -0.900. The lowest BCUT2D eigenvalue weighted by molar-refractivity contribution is 0.185. The summed E-state index contributed by atoms with van der Waals surface area (Å²) < 4.78 is 5.13. The number of hydrogen-bond donors (Lipinski definition) is 2. The highest BCUT2D eigenvalue weighted by molar-refractivity contribution is 5.22. The van der Waals surface area contributed by atoms with Gasteiger partial charge in [-0.05, 0) is 23.0 Å². The average Bonchev–Trinajstić information content (AvgIpc) is 2.29. The number of benzene rings is 1. The van der Waals surface area contributed by atoms with E-state index in [1.165, 1.54) is 11.1 Å². The summed E-state index contributed by atoms with van der Waals surface area (Å²) >= 11 is 0. The molecule has 102 valence electrons. The topological polar surface area (TPSA) is 41.5 Å². The largest absolute Gasteiger partial charge is 0.396 e. The van der Waals surface area contributed by atoms with Crippen LogP contribution in [-0.2, 0) is 17.9 Å². The number of nitrogens with one attached hydrogen (secondary N) is 1. The van der Waals surface area contributed by atoms with Crippen molar-refractivity contribution in [1.29, 1.82) is 0 Å². The van der Waals surface area contributed by atoms with Gasteiger partial charge < -0.3 is 15.2 Å². The van der Waals surface area contributed by atoms with Gasteiger partial charge in [-0.3, -0.25) is 0 Å². The quantitative estimate of drug-likeness (QED) is 0.745. The number of aliphatic hydroxyl groups is 1. The van der Waals surface area contributed by atoms with Crippen LogP contribution in [0.5, 0.6) is 0 Å². The van der Waals surface area contributed by atoms with E-state index in [4.69, 9.17) is 9.84 Å². The van der Waals surface area contributed by atoms with Crippen LogP contribution in [0.25, 0.3) is 0 Å². The molecule has 0 aromatic heterocycles. The Morgan fingerprint density at radius 1 is 1.28 bits per heavy atom. The van der Waals surface area contributed by atoms with Crippen molar-refractivity contribution in [2.45, 2.75) is 33.4 Å². The number of rotatable bonds is 8. The Morgan fingerprint density at radius 3 is 2.67 bits per heavy atom. The van der Waals surface area contributed by atoms with Crippen molar-refractivity contribution in [2.75, 3.05) is 20.3 Å². The molecule has 0 aliphatic rings. The van der Waals surface area contributed by atoms with E-state index in [-0.39, 0.29) is 12.0 Å². The first-order valence-electron chi connectivity index (χ1n) is 6.46. The molecule has 0 atom stereocenters. The molecule has 0 radical (unpaired) electrons. The molecule has 0 aliphatic carbocycles. The fraction of sp³-hybridized carbons (Fsp3) is 0.600. The molecule has 0 saturated heterocycles. The van der Waals surface area contributed by atoms with Gasteiger partial charge in [0.05, 0.1) is 6.61 Å². The first-order valence-corrected chi connectivity index (χ1v) is 6.46. The van der Waals surface area contributed by atoms with Gasteiger partial charge in [0.15, 0.2) is 0 Å². The number of aliphatic hydroxyl groups excluding tert-OH is 1. The molecule has 0 amide bonds. The van der Waals surface area contributed by atoms with Crippen molar-refractivity contribution in [3.8, 4) is 0 Å². The molecular weight excluding hydrogens is 226 g/mol. The van der Waals surface area contributed by atoms with Gasteiger partial charge >= 0.3 is 0 Å². The van der Waals surface area contributed by atoms with Crippen LogP contribution in [0.2, 0.25) is 0 Å². The fourth-order valence-electron chi connectivity index (χ4n) is 1.93. The highest BCUT2D eigenvalue weighted by Crippen LogP contribution is 2.18. The van der Waals surface area contributed by atoms with E-state index in [2.05, 4.69) is 43.4 Å². The zero-order chi connectivity index (χ0) is 13.4. The molecule has 1 aromatic rings. The van der Waals surface area contributed by atoms with E-state index in [0.29, 0.717) is 6.61 Å². The van der Waals surface area contributed by atoms with Gasteiger partial charge in [0.25, 0.3) is 0 Å². The van der Waals surface area contributed by atoms with Crippen molar-refractivity contribution >= 4 is 0 Å². The first kappa shape index (κ1) is 15.2. The van der Waals surface area contributed by atoms with Crippen molar-refractivity contribution in [3.63, 3.8) is 0 Å². The zero-order valence-electron chi connectivity index (χ0n) is 11.7. The monoisotopic (exact) mass is 251 g/mol. The predicted molar refractivity (Wildman–Crippen MR) is 74.3 cm³/mol. The summed E-state index contributed by atoms with van der Waals surface area (Å²) in [4.78, 5) is 0. The Morgan fingerprint density at radius 2 is 2.00 bits per heavy atom. The van der Waals surface area contributed by atoms with E-state index in [1.807, 2.05) is 0 Å². The molecule has 0 aliphatic heterocycles. The third-order valence-electron chi connectivity index (χ3n) is 3.02. The predicted octanol–water partition coefficient (Wildman–Crippen LogP) is 2.33. The van der Waals surface area contributed by atoms with E-state index < -0.39 is 0 Å². The second-order valence-corrected chi connectivity index (χ2v) is 5.49. The average molecular weight is 251 g/mol. The molecule has 0 saturated carbocycles. The maximum atomic E-state index is 8.97. The molecule has 3 heteroatoms. The molecule has 0 bridgehead atoms. The summed E-state index contributed by atoms with van der Waals surface area (Å²) in [5, 5.41) is 12.4. The van der Waals surface area contributed by atoms with Crippen LogP contribution in [-0.4, -0.2) is 25.4 Å². The Labute approximate surface area is 110 Å². The van der Waals surface area contributed by atoms with Gasteiger partial charge in [-0.2, -0.15) is 0 Å². The second-order valence-electron chi connectivity index (χ2n) is 5.49. The lowest BCUT2D eigenvalue weighted by atomic mass is 9.90. The van der Waals surface area contributed by atoms with E-state index in [1.54, 1.807) is 7.11 Å². The van der Waals surface area contributed by atoms with Crippen LogP contribution >= 0.6 is 0 Å². The summed E-state index contributed by atoms with van der Waals surface area (Å²) in [6, 6.07) is 8.41. The van der Waals surface area contributed by atoms with Crippen LogP contribution in [0.15, 0.2) is 24.3 Å². The van der Waals surface area contributed by atoms with Gasteiger partial charge in [0.2, 0.25) is 0 Å². The van der Waals surface area contributed by atoms with Gasteiger partial charge in [0.1, 0.15) is 0 Å². The van der Waals surface area contributed by atoms with Crippen LogP contribution in [0, 0.1) is 5.41 Å². The second kappa shape index (κ2) is 7.52. The van der Waals surface area contributed by atoms with Crippen molar-refractivity contribution < 1.29 is 9.84 Å². The minimum absolute atomic E-state index is 0.138. The lowest BCUT2D eigenvalue weighted by Gasteiger charge is -2.24. The number of ether oxygens (including phenoxy) is 1. The van der Waals surface area contributed by atoms with Crippen LogP contribution in [0.1, 0.15) is 31.4 Å². The zero-order valence-corrected chi connectivity index (χ0v) is 11.7. The van der Waals surface area contributed by atoms with E-state index >= 15 is 0 Å². The SMILES string of the molecule is COCc1cccc(CNCC(C)(C)CCO)c1. The summed E-state index contributed by atoms with van der Waals surface area (Å²) in [6.45, 7) is 6.99. The van der Waals surface area contributed by atoms with Gasteiger partial charge in [-0.25, -0.2) is 0 Å². The van der Waals surface area contributed by atoms with E-state index in [9.17, 15) is 0 Å². The molecule has 0 spiro atoms. The van der Waals surface area contributed by atoms with Gasteiger partial charge in [-0.15, -0.1) is 0 Å². The van der Waals surface area contributed by atoms with Gasteiger partial charge in [-0.1, -0.05) is 38.1 Å². The Balaban J connectivity index is 2.41. The molecule has 18 heavy (non-hydrogen) atoms. The highest BCUT2D eigenvalue weighted by atomic mass is 16.5. The normalized spacial score (nSPS) is 11.8. The molecular formula is C15H25NO2. The van der Waals surface area contributed by atoms with Crippen LogP contribution < -0.4 is 5.32 Å². The van der Waals surface area contributed by atoms with Crippen molar-refractivity contribution in [1.82, 2.24) is 5.32 Å².